The summed E-state index contributed by atoms with van der Waals surface area (Å²) >= 11 is 0. The molecule has 0 aliphatic carbocycles. The van der Waals surface area contributed by atoms with Crippen LogP contribution < -0.4 is 0 Å². The van der Waals surface area contributed by atoms with Gasteiger partial charge in [0.2, 0.25) is 5.91 Å². The molecule has 1 aromatic rings. The summed E-state index contributed by atoms with van der Waals surface area (Å²) in [5.41, 5.74) is 1.18. The number of aryl methyl sites for hydroxylation is 1. The smallest absolute Gasteiger partial charge is 0.219 e. The van der Waals surface area contributed by atoms with E-state index in [-0.39, 0.29) is 11.7 Å². The van der Waals surface area contributed by atoms with Gasteiger partial charge in [0.15, 0.2) is 0 Å². The number of amides is 1. The van der Waals surface area contributed by atoms with Crippen molar-refractivity contribution in [3.63, 3.8) is 0 Å². The third kappa shape index (κ3) is 4.31. The van der Waals surface area contributed by atoms with Crippen molar-refractivity contribution in [1.82, 2.24) is 9.80 Å². The molecule has 19 heavy (non-hydrogen) atoms. The first-order valence-corrected chi connectivity index (χ1v) is 6.87. The molecule has 0 unspecified atom stereocenters. The average Bonchev–Trinajstić information content (AvgIpc) is 2.41. The zero-order valence-corrected chi connectivity index (χ0v) is 11.4. The number of piperazine rings is 1. The fraction of sp³-hybridized carbons (Fsp3) is 0.533. The predicted molar refractivity (Wildman–Crippen MR) is 73.4 cm³/mol. The van der Waals surface area contributed by atoms with E-state index in [4.69, 9.17) is 0 Å². The molecule has 0 N–H and O–H groups in total. The monoisotopic (exact) mass is 264 g/mol. The second kappa shape index (κ2) is 6.66. The largest absolute Gasteiger partial charge is 0.340 e. The van der Waals surface area contributed by atoms with E-state index in [0.717, 1.165) is 45.6 Å². The van der Waals surface area contributed by atoms with E-state index in [0.29, 0.717) is 0 Å². The van der Waals surface area contributed by atoms with Gasteiger partial charge in [0.25, 0.3) is 0 Å². The number of carbonyl (C=O) groups is 1. The lowest BCUT2D eigenvalue weighted by molar-refractivity contribution is -0.130. The van der Waals surface area contributed by atoms with Crippen LogP contribution >= 0.6 is 0 Å². The minimum absolute atomic E-state index is 0.172. The van der Waals surface area contributed by atoms with Gasteiger partial charge in [0.05, 0.1) is 0 Å². The minimum Gasteiger partial charge on any atom is -0.340 e. The molecule has 1 fully saturated rings. The van der Waals surface area contributed by atoms with Crippen LogP contribution in [-0.4, -0.2) is 48.4 Å². The highest BCUT2D eigenvalue weighted by molar-refractivity contribution is 5.73. The average molecular weight is 264 g/mol. The van der Waals surface area contributed by atoms with E-state index in [1.165, 1.54) is 17.7 Å². The quantitative estimate of drug-likeness (QED) is 0.829. The SMILES string of the molecule is CC(=O)N1CCN(CCCc2ccc(F)cc2)CC1. The second-order valence-corrected chi connectivity index (χ2v) is 5.08. The van der Waals surface area contributed by atoms with Crippen LogP contribution in [0.25, 0.3) is 0 Å². The van der Waals surface area contributed by atoms with Crippen molar-refractivity contribution in [2.45, 2.75) is 19.8 Å². The van der Waals surface area contributed by atoms with Crippen LogP contribution in [0.2, 0.25) is 0 Å². The van der Waals surface area contributed by atoms with E-state index in [9.17, 15) is 9.18 Å². The van der Waals surface area contributed by atoms with Crippen LogP contribution in [0.4, 0.5) is 4.39 Å². The highest BCUT2D eigenvalue weighted by Gasteiger charge is 2.17. The molecule has 0 bridgehead atoms. The normalized spacial score (nSPS) is 16.6. The van der Waals surface area contributed by atoms with Crippen molar-refractivity contribution < 1.29 is 9.18 Å². The number of hydrogen-bond donors (Lipinski definition) is 0. The molecule has 1 aliphatic rings. The number of nitrogens with zero attached hydrogens (tertiary/aromatic N) is 2. The Morgan fingerprint density at radius 2 is 1.79 bits per heavy atom. The fourth-order valence-electron chi connectivity index (χ4n) is 2.44. The fourth-order valence-corrected chi connectivity index (χ4v) is 2.44. The van der Waals surface area contributed by atoms with E-state index in [1.807, 2.05) is 17.0 Å². The lowest BCUT2D eigenvalue weighted by Gasteiger charge is -2.34. The van der Waals surface area contributed by atoms with Crippen molar-refractivity contribution in [2.75, 3.05) is 32.7 Å². The van der Waals surface area contributed by atoms with Gasteiger partial charge in [-0.2, -0.15) is 0 Å². The van der Waals surface area contributed by atoms with Crippen LogP contribution in [0, 0.1) is 5.82 Å². The lowest BCUT2D eigenvalue weighted by atomic mass is 10.1. The molecular formula is C15H21FN2O. The van der Waals surface area contributed by atoms with Crippen LogP contribution in [0.1, 0.15) is 18.9 Å². The second-order valence-electron chi connectivity index (χ2n) is 5.08. The Labute approximate surface area is 114 Å². The number of rotatable bonds is 4. The first-order chi connectivity index (χ1) is 9.15. The van der Waals surface area contributed by atoms with Gasteiger partial charge in [0.1, 0.15) is 5.82 Å². The molecule has 2 rings (SSSR count). The summed E-state index contributed by atoms with van der Waals surface area (Å²) in [5, 5.41) is 0. The number of benzene rings is 1. The maximum atomic E-state index is 12.8. The Bertz CT molecular complexity index is 411. The van der Waals surface area contributed by atoms with E-state index in [1.54, 1.807) is 6.92 Å². The Morgan fingerprint density at radius 3 is 2.37 bits per heavy atom. The molecule has 4 heteroatoms. The summed E-state index contributed by atoms with van der Waals surface area (Å²) in [4.78, 5) is 15.5. The Balaban J connectivity index is 1.67. The molecule has 1 heterocycles. The summed E-state index contributed by atoms with van der Waals surface area (Å²) in [6.45, 7) is 6.27. The number of hydrogen-bond acceptors (Lipinski definition) is 2. The third-order valence-corrected chi connectivity index (χ3v) is 3.67. The van der Waals surface area contributed by atoms with Gasteiger partial charge in [-0.3, -0.25) is 9.69 Å². The highest BCUT2D eigenvalue weighted by Crippen LogP contribution is 2.08. The van der Waals surface area contributed by atoms with Gasteiger partial charge in [-0.05, 0) is 37.1 Å². The maximum Gasteiger partial charge on any atom is 0.219 e. The van der Waals surface area contributed by atoms with Gasteiger partial charge < -0.3 is 4.90 Å². The van der Waals surface area contributed by atoms with Crippen molar-refractivity contribution >= 4 is 5.91 Å². The molecule has 0 aromatic heterocycles. The predicted octanol–water partition coefficient (Wildman–Crippen LogP) is 1.92. The third-order valence-electron chi connectivity index (χ3n) is 3.67. The summed E-state index contributed by atoms with van der Waals surface area (Å²) < 4.78 is 12.8. The Morgan fingerprint density at radius 1 is 1.16 bits per heavy atom. The molecular weight excluding hydrogens is 243 g/mol. The van der Waals surface area contributed by atoms with E-state index < -0.39 is 0 Å². The molecule has 3 nitrogen and oxygen atoms in total. The van der Waals surface area contributed by atoms with Gasteiger partial charge >= 0.3 is 0 Å². The first kappa shape index (κ1) is 14.0. The van der Waals surface area contributed by atoms with Crippen molar-refractivity contribution in [3.8, 4) is 0 Å². The highest BCUT2D eigenvalue weighted by atomic mass is 19.1. The number of carbonyl (C=O) groups excluding carboxylic acids is 1. The topological polar surface area (TPSA) is 23.6 Å². The number of halogens is 1. The standard InChI is InChI=1S/C15H21FN2O/c1-13(19)18-11-9-17(10-12-18)8-2-3-14-4-6-15(16)7-5-14/h4-7H,2-3,8-12H2,1H3. The summed E-state index contributed by atoms with van der Waals surface area (Å²) in [6, 6.07) is 6.73. The molecule has 1 saturated heterocycles. The Hall–Kier alpha value is -1.42. The zero-order valence-electron chi connectivity index (χ0n) is 11.4. The van der Waals surface area contributed by atoms with Crippen LogP contribution in [0.5, 0.6) is 0 Å². The molecule has 104 valence electrons. The summed E-state index contributed by atoms with van der Waals surface area (Å²) in [7, 11) is 0. The minimum atomic E-state index is -0.177. The summed E-state index contributed by atoms with van der Waals surface area (Å²) in [5.74, 6) is -0.00457. The van der Waals surface area contributed by atoms with Crippen LogP contribution in [0.3, 0.4) is 0 Å². The molecule has 1 aromatic carbocycles. The zero-order chi connectivity index (χ0) is 13.7. The van der Waals surface area contributed by atoms with Crippen molar-refractivity contribution in [1.29, 1.82) is 0 Å². The van der Waals surface area contributed by atoms with E-state index >= 15 is 0 Å². The van der Waals surface area contributed by atoms with E-state index in [2.05, 4.69) is 4.90 Å². The molecule has 0 radical (unpaired) electrons. The van der Waals surface area contributed by atoms with Gasteiger partial charge in [-0.1, -0.05) is 12.1 Å². The molecule has 0 saturated carbocycles. The van der Waals surface area contributed by atoms with Crippen molar-refractivity contribution in [2.24, 2.45) is 0 Å². The summed E-state index contributed by atoms with van der Waals surface area (Å²) in [6.07, 6.45) is 2.05. The van der Waals surface area contributed by atoms with Gasteiger partial charge in [0, 0.05) is 33.1 Å². The molecule has 0 atom stereocenters. The van der Waals surface area contributed by atoms with Crippen molar-refractivity contribution in [3.05, 3.63) is 35.6 Å². The molecule has 1 aliphatic heterocycles. The maximum absolute atomic E-state index is 12.8. The van der Waals surface area contributed by atoms with Crippen LogP contribution in [0.15, 0.2) is 24.3 Å². The lowest BCUT2D eigenvalue weighted by Crippen LogP contribution is -2.48. The van der Waals surface area contributed by atoms with Gasteiger partial charge in [-0.15, -0.1) is 0 Å². The van der Waals surface area contributed by atoms with Gasteiger partial charge in [-0.25, -0.2) is 4.39 Å². The van der Waals surface area contributed by atoms with Crippen LogP contribution in [-0.2, 0) is 11.2 Å². The molecule has 0 spiro atoms. The first-order valence-electron chi connectivity index (χ1n) is 6.87. The molecule has 1 amide bonds. The Kier molecular flexibility index (Phi) is 4.91.